The van der Waals surface area contributed by atoms with E-state index in [1.807, 2.05) is 30.3 Å². The number of aromatic nitrogens is 1. The maximum Gasteiger partial charge on any atom is 0.231 e. The second-order valence-corrected chi connectivity index (χ2v) is 6.10. The van der Waals surface area contributed by atoms with Gasteiger partial charge in [-0.3, -0.25) is 4.99 Å². The van der Waals surface area contributed by atoms with E-state index in [1.165, 1.54) is 5.56 Å². The molecule has 2 heterocycles. The summed E-state index contributed by atoms with van der Waals surface area (Å²) >= 11 is 0. The summed E-state index contributed by atoms with van der Waals surface area (Å²) in [6, 6.07) is 9.86. The van der Waals surface area contributed by atoms with Crippen LogP contribution >= 0.6 is 24.0 Å². The van der Waals surface area contributed by atoms with Gasteiger partial charge in [0.15, 0.2) is 17.5 Å². The molecular formula is C20H27IN4O4. The zero-order valence-electron chi connectivity index (χ0n) is 16.6. The SMILES string of the molecule is CN=C(NCCc1ccc2c(c1)OCO2)NCc1cccnc1OCCOC.I. The number of benzene rings is 1. The number of guanidine groups is 1. The zero-order chi connectivity index (χ0) is 19.6. The third-order valence-corrected chi connectivity index (χ3v) is 4.19. The Morgan fingerprint density at radius 3 is 2.86 bits per heavy atom. The molecule has 8 nitrogen and oxygen atoms in total. The Morgan fingerprint density at radius 2 is 2.03 bits per heavy atom. The smallest absolute Gasteiger partial charge is 0.231 e. The molecule has 0 saturated heterocycles. The van der Waals surface area contributed by atoms with Crippen LogP contribution in [0.25, 0.3) is 0 Å². The first-order chi connectivity index (χ1) is 13.8. The highest BCUT2D eigenvalue weighted by Crippen LogP contribution is 2.32. The van der Waals surface area contributed by atoms with Gasteiger partial charge in [-0.05, 0) is 30.2 Å². The molecule has 158 valence electrons. The number of hydrogen-bond donors (Lipinski definition) is 2. The van der Waals surface area contributed by atoms with Gasteiger partial charge < -0.3 is 29.6 Å². The van der Waals surface area contributed by atoms with Crippen LogP contribution in [0.1, 0.15) is 11.1 Å². The number of nitrogens with zero attached hydrogens (tertiary/aromatic N) is 2. The number of nitrogens with one attached hydrogen (secondary N) is 2. The summed E-state index contributed by atoms with van der Waals surface area (Å²) in [5, 5.41) is 6.60. The molecule has 0 radical (unpaired) electrons. The standard InChI is InChI=1S/C20H26N4O4.HI/c1-21-20(23-9-7-15-5-6-17-18(12-15)28-14-27-17)24-13-16-4-3-8-22-19(16)26-11-10-25-2;/h3-6,8,12H,7,9-11,13-14H2,1-2H3,(H2,21,23,24);1H. The van der Waals surface area contributed by atoms with Crippen molar-refractivity contribution in [1.29, 1.82) is 0 Å². The predicted molar refractivity (Wildman–Crippen MR) is 121 cm³/mol. The van der Waals surface area contributed by atoms with Gasteiger partial charge in [0.25, 0.3) is 0 Å². The van der Waals surface area contributed by atoms with Crippen molar-refractivity contribution in [3.63, 3.8) is 0 Å². The largest absolute Gasteiger partial charge is 0.475 e. The van der Waals surface area contributed by atoms with Gasteiger partial charge in [0.2, 0.25) is 12.7 Å². The lowest BCUT2D eigenvalue weighted by Gasteiger charge is -2.14. The molecular weight excluding hydrogens is 487 g/mol. The lowest BCUT2D eigenvalue weighted by atomic mass is 10.1. The number of methoxy groups -OCH3 is 1. The van der Waals surface area contributed by atoms with Crippen molar-refractivity contribution in [3.8, 4) is 17.4 Å². The highest BCUT2D eigenvalue weighted by molar-refractivity contribution is 14.0. The zero-order valence-corrected chi connectivity index (χ0v) is 19.0. The van der Waals surface area contributed by atoms with E-state index in [2.05, 4.69) is 20.6 Å². The van der Waals surface area contributed by atoms with Crippen molar-refractivity contribution in [1.82, 2.24) is 15.6 Å². The Morgan fingerprint density at radius 1 is 1.17 bits per heavy atom. The van der Waals surface area contributed by atoms with Crippen molar-refractivity contribution in [2.75, 3.05) is 40.7 Å². The van der Waals surface area contributed by atoms with Gasteiger partial charge in [-0.25, -0.2) is 4.98 Å². The van der Waals surface area contributed by atoms with Crippen molar-refractivity contribution >= 4 is 29.9 Å². The van der Waals surface area contributed by atoms with Gasteiger partial charge in [-0.15, -0.1) is 24.0 Å². The van der Waals surface area contributed by atoms with Crippen LogP contribution in [-0.4, -0.2) is 51.7 Å². The molecule has 29 heavy (non-hydrogen) atoms. The average molecular weight is 514 g/mol. The molecule has 0 bridgehead atoms. The van der Waals surface area contributed by atoms with Gasteiger partial charge in [0, 0.05) is 39.0 Å². The van der Waals surface area contributed by atoms with E-state index in [9.17, 15) is 0 Å². The third kappa shape index (κ3) is 6.93. The number of fused-ring (bicyclic) bond motifs is 1. The predicted octanol–water partition coefficient (Wildman–Crippen LogP) is 2.36. The number of aliphatic imine (C=N–C) groups is 1. The third-order valence-electron chi connectivity index (χ3n) is 4.19. The van der Waals surface area contributed by atoms with Crippen LogP contribution in [0.5, 0.6) is 17.4 Å². The van der Waals surface area contributed by atoms with E-state index in [4.69, 9.17) is 18.9 Å². The molecule has 1 aromatic carbocycles. The molecule has 0 saturated carbocycles. The average Bonchev–Trinajstić information content (AvgIpc) is 3.19. The molecule has 1 aliphatic rings. The fraction of sp³-hybridized carbons (Fsp3) is 0.400. The second-order valence-electron chi connectivity index (χ2n) is 6.10. The Labute approximate surface area is 188 Å². The number of rotatable bonds is 9. The van der Waals surface area contributed by atoms with E-state index in [0.717, 1.165) is 30.0 Å². The van der Waals surface area contributed by atoms with E-state index >= 15 is 0 Å². The molecule has 2 N–H and O–H groups in total. The maximum absolute atomic E-state index is 5.66. The van der Waals surface area contributed by atoms with Crippen molar-refractivity contribution in [2.24, 2.45) is 4.99 Å². The number of halogens is 1. The van der Waals surface area contributed by atoms with Crippen LogP contribution in [0, 0.1) is 0 Å². The molecule has 0 aliphatic carbocycles. The Balaban J connectivity index is 0.00000300. The minimum atomic E-state index is 0. The summed E-state index contributed by atoms with van der Waals surface area (Å²) in [7, 11) is 3.39. The molecule has 0 fully saturated rings. The van der Waals surface area contributed by atoms with E-state index in [-0.39, 0.29) is 24.0 Å². The van der Waals surface area contributed by atoms with E-state index < -0.39 is 0 Å². The fourth-order valence-corrected chi connectivity index (χ4v) is 2.73. The van der Waals surface area contributed by atoms with Gasteiger partial charge >= 0.3 is 0 Å². The molecule has 0 atom stereocenters. The maximum atomic E-state index is 5.66. The monoisotopic (exact) mass is 514 g/mol. The Kier molecular flexibility index (Phi) is 9.78. The second kappa shape index (κ2) is 12.3. The lowest BCUT2D eigenvalue weighted by Crippen LogP contribution is -2.38. The molecule has 1 aromatic heterocycles. The summed E-state index contributed by atoms with van der Waals surface area (Å²) in [6.45, 7) is 2.57. The van der Waals surface area contributed by atoms with Crippen molar-refractivity contribution < 1.29 is 18.9 Å². The fourth-order valence-electron chi connectivity index (χ4n) is 2.73. The molecule has 1 aliphatic heterocycles. The minimum Gasteiger partial charge on any atom is -0.475 e. The van der Waals surface area contributed by atoms with Crippen LogP contribution in [0.15, 0.2) is 41.5 Å². The summed E-state index contributed by atoms with van der Waals surface area (Å²) in [6.07, 6.45) is 2.56. The van der Waals surface area contributed by atoms with E-state index in [0.29, 0.717) is 38.4 Å². The molecule has 0 spiro atoms. The number of hydrogen-bond acceptors (Lipinski definition) is 6. The van der Waals surface area contributed by atoms with Crippen LogP contribution < -0.4 is 24.8 Å². The number of ether oxygens (including phenoxy) is 4. The topological polar surface area (TPSA) is 86.2 Å². The molecule has 0 amide bonds. The Bertz CT molecular complexity index is 804. The number of pyridine rings is 1. The highest BCUT2D eigenvalue weighted by Gasteiger charge is 2.13. The Hall–Kier alpha value is -2.27. The summed E-state index contributed by atoms with van der Waals surface area (Å²) in [5.74, 6) is 2.92. The summed E-state index contributed by atoms with van der Waals surface area (Å²) in [5.41, 5.74) is 2.13. The first kappa shape index (κ1) is 23.0. The van der Waals surface area contributed by atoms with Gasteiger partial charge in [0.1, 0.15) is 6.61 Å². The van der Waals surface area contributed by atoms with Crippen molar-refractivity contribution in [3.05, 3.63) is 47.7 Å². The van der Waals surface area contributed by atoms with Gasteiger partial charge in [-0.1, -0.05) is 12.1 Å². The van der Waals surface area contributed by atoms with E-state index in [1.54, 1.807) is 20.4 Å². The minimum absolute atomic E-state index is 0. The summed E-state index contributed by atoms with van der Waals surface area (Å²) in [4.78, 5) is 8.55. The molecule has 2 aromatic rings. The summed E-state index contributed by atoms with van der Waals surface area (Å²) < 4.78 is 21.4. The molecule has 9 heteroatoms. The van der Waals surface area contributed by atoms with Crippen LogP contribution in [-0.2, 0) is 17.7 Å². The van der Waals surface area contributed by atoms with Crippen LogP contribution in [0.4, 0.5) is 0 Å². The quantitative estimate of drug-likeness (QED) is 0.230. The first-order valence-electron chi connectivity index (χ1n) is 9.19. The molecule has 3 rings (SSSR count). The van der Waals surface area contributed by atoms with Gasteiger partial charge in [-0.2, -0.15) is 0 Å². The van der Waals surface area contributed by atoms with Gasteiger partial charge in [0.05, 0.1) is 6.61 Å². The van der Waals surface area contributed by atoms with Crippen LogP contribution in [0.2, 0.25) is 0 Å². The first-order valence-corrected chi connectivity index (χ1v) is 9.19. The highest BCUT2D eigenvalue weighted by atomic mass is 127. The lowest BCUT2D eigenvalue weighted by molar-refractivity contribution is 0.143. The van der Waals surface area contributed by atoms with Crippen molar-refractivity contribution in [2.45, 2.75) is 13.0 Å². The van der Waals surface area contributed by atoms with Crippen LogP contribution in [0.3, 0.4) is 0 Å². The normalized spacial score (nSPS) is 12.3. The molecule has 0 unspecified atom stereocenters.